The van der Waals surface area contributed by atoms with Gasteiger partial charge in [-0.25, -0.2) is 14.8 Å². The van der Waals surface area contributed by atoms with Crippen LogP contribution in [-0.4, -0.2) is 47.6 Å². The second-order valence-electron chi connectivity index (χ2n) is 9.54. The van der Waals surface area contributed by atoms with Crippen molar-refractivity contribution in [2.45, 2.75) is 43.9 Å². The number of carbonyl (C=O) groups is 1. The van der Waals surface area contributed by atoms with Crippen LogP contribution in [0, 0.1) is 0 Å². The SMILES string of the molecule is CC[SH+](=O)C1(c2cc(N3CCOC[C@@H]3C)nc(-c3ccc(NC(=O)Oc4ccccc4)cc3)n2)CCC1. The highest BCUT2D eigenvalue weighted by molar-refractivity contribution is 7.85. The van der Waals surface area contributed by atoms with Crippen LogP contribution in [0.5, 0.6) is 5.75 Å². The molecule has 1 aliphatic carbocycles. The Morgan fingerprint density at radius 1 is 1.16 bits per heavy atom. The maximum atomic E-state index is 13.2. The van der Waals surface area contributed by atoms with E-state index >= 15 is 0 Å². The van der Waals surface area contributed by atoms with E-state index in [2.05, 4.69) is 17.1 Å². The molecule has 2 heterocycles. The molecule has 1 unspecified atom stereocenters. The molecule has 1 saturated heterocycles. The van der Waals surface area contributed by atoms with Crippen LogP contribution in [0.25, 0.3) is 11.4 Å². The van der Waals surface area contributed by atoms with Crippen molar-refractivity contribution in [1.82, 2.24) is 9.97 Å². The van der Waals surface area contributed by atoms with Crippen molar-refractivity contribution >= 4 is 28.4 Å². The lowest BCUT2D eigenvalue weighted by molar-refractivity contribution is 0.0985. The van der Waals surface area contributed by atoms with E-state index < -0.39 is 16.9 Å². The fourth-order valence-corrected chi connectivity index (χ4v) is 6.70. The Labute approximate surface area is 219 Å². The minimum atomic E-state index is -1.42. The van der Waals surface area contributed by atoms with Crippen LogP contribution in [0.1, 0.15) is 38.8 Å². The zero-order valence-corrected chi connectivity index (χ0v) is 22.1. The number of para-hydroxylation sites is 1. The first kappa shape index (κ1) is 25.4. The third kappa shape index (κ3) is 5.38. The molecule has 5 rings (SSSR count). The van der Waals surface area contributed by atoms with Crippen LogP contribution in [-0.2, 0) is 24.5 Å². The van der Waals surface area contributed by atoms with Crippen LogP contribution < -0.4 is 15.0 Å². The van der Waals surface area contributed by atoms with E-state index in [0.717, 1.165) is 42.9 Å². The number of thiol groups is 1. The fraction of sp³-hybridized carbons (Fsp3) is 0.393. The number of benzene rings is 2. The monoisotopic (exact) mass is 521 g/mol. The number of nitrogens with one attached hydrogen (secondary N) is 1. The Kier molecular flexibility index (Phi) is 7.53. The summed E-state index contributed by atoms with van der Waals surface area (Å²) in [4.78, 5) is 24.4. The minimum Gasteiger partial charge on any atom is -0.410 e. The third-order valence-electron chi connectivity index (χ3n) is 7.14. The number of carbonyl (C=O) groups excluding carboxylic acids is 1. The minimum absolute atomic E-state index is 0.184. The molecule has 1 aliphatic heterocycles. The van der Waals surface area contributed by atoms with Gasteiger partial charge in [-0.3, -0.25) is 5.32 Å². The number of hydrogen-bond donors (Lipinski definition) is 1. The van der Waals surface area contributed by atoms with Crippen LogP contribution in [0.2, 0.25) is 0 Å². The van der Waals surface area contributed by atoms with Gasteiger partial charge in [-0.15, -0.1) is 4.21 Å². The molecule has 1 N–H and O–H groups in total. The normalized spacial score (nSPS) is 19.5. The number of amides is 1. The predicted octanol–water partition coefficient (Wildman–Crippen LogP) is 5.07. The van der Waals surface area contributed by atoms with Crippen molar-refractivity contribution in [2.24, 2.45) is 0 Å². The first-order valence-electron chi connectivity index (χ1n) is 12.8. The molecular weight excluding hydrogens is 488 g/mol. The average Bonchev–Trinajstić information content (AvgIpc) is 2.89. The van der Waals surface area contributed by atoms with Crippen LogP contribution in [0.15, 0.2) is 60.7 Å². The summed E-state index contributed by atoms with van der Waals surface area (Å²) in [6.45, 7) is 6.15. The van der Waals surface area contributed by atoms with Crippen molar-refractivity contribution in [3.05, 3.63) is 66.4 Å². The number of morpholine rings is 1. The second-order valence-corrected chi connectivity index (χ2v) is 11.8. The Morgan fingerprint density at radius 2 is 1.92 bits per heavy atom. The van der Waals surface area contributed by atoms with Gasteiger partial charge in [0.2, 0.25) is 0 Å². The van der Waals surface area contributed by atoms with Crippen LogP contribution in [0.4, 0.5) is 16.3 Å². The molecule has 8 nitrogen and oxygen atoms in total. The highest BCUT2D eigenvalue weighted by atomic mass is 32.2. The highest BCUT2D eigenvalue weighted by Crippen LogP contribution is 2.47. The largest absolute Gasteiger partial charge is 0.417 e. The molecule has 0 radical (unpaired) electrons. The second kappa shape index (κ2) is 11.0. The van der Waals surface area contributed by atoms with Gasteiger partial charge < -0.3 is 14.4 Å². The summed E-state index contributed by atoms with van der Waals surface area (Å²) < 4.78 is 23.8. The van der Waals surface area contributed by atoms with E-state index in [9.17, 15) is 9.00 Å². The Balaban J connectivity index is 1.43. The van der Waals surface area contributed by atoms with Crippen LogP contribution in [0.3, 0.4) is 0 Å². The highest BCUT2D eigenvalue weighted by Gasteiger charge is 2.50. The fourth-order valence-electron chi connectivity index (χ4n) is 4.91. The molecule has 1 saturated carbocycles. The lowest BCUT2D eigenvalue weighted by atomic mass is 9.81. The first-order valence-corrected chi connectivity index (χ1v) is 14.3. The van der Waals surface area contributed by atoms with Crippen molar-refractivity contribution in [1.29, 1.82) is 0 Å². The molecule has 0 spiro atoms. The van der Waals surface area contributed by atoms with Gasteiger partial charge in [0.1, 0.15) is 23.0 Å². The quantitative estimate of drug-likeness (QED) is 0.342. The van der Waals surface area contributed by atoms with Crippen LogP contribution >= 0.6 is 0 Å². The number of rotatable bonds is 7. The van der Waals surface area contributed by atoms with Gasteiger partial charge in [0, 0.05) is 36.7 Å². The zero-order valence-electron chi connectivity index (χ0n) is 21.2. The van der Waals surface area contributed by atoms with Gasteiger partial charge in [-0.1, -0.05) is 18.2 Å². The summed E-state index contributed by atoms with van der Waals surface area (Å²) in [5, 5.41) is 2.75. The average molecular weight is 522 g/mol. The Hall–Kier alpha value is -3.30. The van der Waals surface area contributed by atoms with E-state index in [1.54, 1.807) is 24.3 Å². The summed E-state index contributed by atoms with van der Waals surface area (Å²) in [6.07, 6.45) is 2.27. The smallest absolute Gasteiger partial charge is 0.410 e. The topological polar surface area (TPSA) is 93.7 Å². The molecule has 37 heavy (non-hydrogen) atoms. The van der Waals surface area contributed by atoms with E-state index in [1.165, 1.54) is 0 Å². The van der Waals surface area contributed by atoms with Crippen molar-refractivity contribution in [3.8, 4) is 17.1 Å². The molecule has 2 atom stereocenters. The molecule has 3 aromatic rings. The molecule has 1 amide bonds. The van der Waals surface area contributed by atoms with E-state index in [4.69, 9.17) is 19.4 Å². The first-order chi connectivity index (χ1) is 18.0. The predicted molar refractivity (Wildman–Crippen MR) is 147 cm³/mol. The molecule has 2 fully saturated rings. The number of nitrogens with zero attached hydrogens (tertiary/aromatic N) is 3. The number of aromatic nitrogens is 2. The van der Waals surface area contributed by atoms with E-state index in [1.807, 2.05) is 43.3 Å². The van der Waals surface area contributed by atoms with Gasteiger partial charge in [-0.2, -0.15) is 0 Å². The molecule has 0 bridgehead atoms. The summed E-state index contributed by atoms with van der Waals surface area (Å²) in [5.41, 5.74) is 2.30. The number of hydrogen-bond acceptors (Lipinski definition) is 7. The van der Waals surface area contributed by atoms with Crippen molar-refractivity contribution < 1.29 is 18.5 Å². The zero-order chi connectivity index (χ0) is 25.8. The molecule has 194 valence electrons. The third-order valence-corrected chi connectivity index (χ3v) is 9.35. The number of anilines is 2. The molecule has 2 aromatic carbocycles. The van der Waals surface area contributed by atoms with Gasteiger partial charge in [0.25, 0.3) is 0 Å². The van der Waals surface area contributed by atoms with Gasteiger partial charge >= 0.3 is 6.09 Å². The molecule has 9 heteroatoms. The Bertz CT molecular complexity index is 1260. The molecule has 1 aromatic heterocycles. The standard InChI is InChI=1S/C28H32N4O4S/c1-3-37(34)28(14-7-15-28)24-18-25(32-16-17-35-19-20(32)2)31-26(30-24)21-10-12-22(13-11-21)29-27(33)36-23-8-5-4-6-9-23/h4-6,8-13,18,20H,3,7,14-17,19H2,1-2H3,(H,29,33)/p+1/t20-,37?/m0/s1. The molecule has 2 aliphatic rings. The summed E-state index contributed by atoms with van der Waals surface area (Å²) in [6, 6.07) is 18.5. The maximum absolute atomic E-state index is 13.2. The van der Waals surface area contributed by atoms with Gasteiger partial charge in [0.15, 0.2) is 10.6 Å². The molecular formula is C28H33N4O4S+. The van der Waals surface area contributed by atoms with E-state index in [-0.39, 0.29) is 10.8 Å². The lowest BCUT2D eigenvalue weighted by Gasteiger charge is -2.38. The van der Waals surface area contributed by atoms with E-state index in [0.29, 0.717) is 36.2 Å². The Morgan fingerprint density at radius 3 is 2.57 bits per heavy atom. The van der Waals surface area contributed by atoms with Crippen molar-refractivity contribution in [2.75, 3.05) is 35.7 Å². The van der Waals surface area contributed by atoms with Crippen molar-refractivity contribution in [3.63, 3.8) is 0 Å². The van der Waals surface area contributed by atoms with Gasteiger partial charge in [0.05, 0.1) is 30.1 Å². The summed E-state index contributed by atoms with van der Waals surface area (Å²) in [5.74, 6) is 2.55. The van der Waals surface area contributed by atoms with Gasteiger partial charge in [-0.05, 0) is 56.7 Å². The maximum Gasteiger partial charge on any atom is 0.417 e. The summed E-state index contributed by atoms with van der Waals surface area (Å²) in [7, 11) is -1.42. The lowest BCUT2D eigenvalue weighted by Crippen LogP contribution is -2.45. The number of ether oxygens (including phenoxy) is 2. The summed E-state index contributed by atoms with van der Waals surface area (Å²) >= 11 is 0.